The number of aromatic nitrogens is 2. The van der Waals surface area contributed by atoms with Gasteiger partial charge >= 0.3 is 0 Å². The third kappa shape index (κ3) is 2.06. The van der Waals surface area contributed by atoms with Crippen LogP contribution in [-0.2, 0) is 17.6 Å². The second-order valence-electron chi connectivity index (χ2n) is 4.30. The number of hydrogen-bond donors (Lipinski definition) is 1. The molecular weight excluding hydrogens is 270 g/mol. The topological polar surface area (TPSA) is 47.0 Å². The lowest BCUT2D eigenvalue weighted by molar-refractivity contribution is 0.210. The molecule has 1 aliphatic carbocycles. The molecule has 18 heavy (non-hydrogen) atoms. The van der Waals surface area contributed by atoms with E-state index in [-0.39, 0.29) is 0 Å². The summed E-state index contributed by atoms with van der Waals surface area (Å²) in [6, 6.07) is 0. The maximum atomic E-state index is 6.28. The van der Waals surface area contributed by atoms with E-state index in [4.69, 9.17) is 16.3 Å². The van der Waals surface area contributed by atoms with Crippen LogP contribution in [0.4, 0.5) is 5.95 Å². The molecule has 0 saturated carbocycles. The minimum Gasteiger partial charge on any atom is -0.383 e. The monoisotopic (exact) mass is 283 g/mol. The molecule has 0 unspecified atom stereocenters. The fourth-order valence-electron chi connectivity index (χ4n) is 2.30. The number of aryl methyl sites for hydroxylation is 2. The molecule has 0 fully saturated rings. The fraction of sp³-hybridized carbons (Fsp3) is 0.500. The zero-order chi connectivity index (χ0) is 12.5. The maximum Gasteiger partial charge on any atom is 0.225 e. The average molecular weight is 284 g/mol. The van der Waals surface area contributed by atoms with Crippen LogP contribution >= 0.6 is 22.9 Å². The van der Waals surface area contributed by atoms with E-state index in [1.165, 1.54) is 16.9 Å². The van der Waals surface area contributed by atoms with E-state index in [1.54, 1.807) is 18.4 Å². The first-order valence-electron chi connectivity index (χ1n) is 6.00. The minimum absolute atomic E-state index is 0.569. The molecule has 2 aromatic heterocycles. The molecule has 6 heteroatoms. The number of thiophene rings is 1. The van der Waals surface area contributed by atoms with Gasteiger partial charge in [0.2, 0.25) is 5.95 Å². The molecule has 0 aliphatic heterocycles. The number of ether oxygens (including phenoxy) is 1. The second-order valence-corrected chi connectivity index (χ2v) is 5.74. The molecule has 0 radical (unpaired) electrons. The lowest BCUT2D eigenvalue weighted by atomic mass is 10.2. The van der Waals surface area contributed by atoms with Crippen LogP contribution in [0.3, 0.4) is 0 Å². The molecule has 1 N–H and O–H groups in total. The van der Waals surface area contributed by atoms with Crippen molar-refractivity contribution in [2.24, 2.45) is 0 Å². The molecule has 1 aliphatic rings. The van der Waals surface area contributed by atoms with Crippen molar-refractivity contribution in [1.82, 2.24) is 9.97 Å². The summed E-state index contributed by atoms with van der Waals surface area (Å²) < 4.78 is 4.98. The quantitative estimate of drug-likeness (QED) is 0.692. The fourth-order valence-corrected chi connectivity index (χ4v) is 3.90. The Kier molecular flexibility index (Phi) is 3.37. The van der Waals surface area contributed by atoms with Gasteiger partial charge in [0, 0.05) is 18.5 Å². The number of anilines is 1. The highest BCUT2D eigenvalue weighted by Gasteiger charge is 2.21. The van der Waals surface area contributed by atoms with Gasteiger partial charge in [-0.15, -0.1) is 11.3 Å². The molecule has 4 nitrogen and oxygen atoms in total. The van der Waals surface area contributed by atoms with Gasteiger partial charge < -0.3 is 10.1 Å². The van der Waals surface area contributed by atoms with Crippen molar-refractivity contribution < 1.29 is 4.74 Å². The van der Waals surface area contributed by atoms with Crippen LogP contribution < -0.4 is 5.32 Å². The van der Waals surface area contributed by atoms with Gasteiger partial charge in [-0.3, -0.25) is 0 Å². The lowest BCUT2D eigenvalue weighted by Gasteiger charge is -2.05. The molecule has 0 aromatic carbocycles. The van der Waals surface area contributed by atoms with E-state index in [2.05, 4.69) is 15.3 Å². The van der Waals surface area contributed by atoms with Crippen molar-refractivity contribution >= 4 is 39.1 Å². The molecule has 3 rings (SSSR count). The Hall–Kier alpha value is -0.910. The van der Waals surface area contributed by atoms with Crippen LogP contribution in [0.5, 0.6) is 0 Å². The van der Waals surface area contributed by atoms with Gasteiger partial charge in [0.05, 0.1) is 12.0 Å². The third-order valence-corrected chi connectivity index (χ3v) is 4.57. The Bertz CT molecular complexity index is 584. The maximum absolute atomic E-state index is 6.28. The van der Waals surface area contributed by atoms with Gasteiger partial charge in [-0.1, -0.05) is 11.6 Å². The Morgan fingerprint density at radius 1 is 1.39 bits per heavy atom. The number of fused-ring (bicyclic) bond motifs is 3. The smallest absolute Gasteiger partial charge is 0.225 e. The first-order valence-corrected chi connectivity index (χ1v) is 7.19. The Balaban J connectivity index is 1.96. The standard InChI is InChI=1S/C12H14ClN3OS/c1-17-6-5-14-12-15-10(13)9-7-3-2-4-8(7)18-11(9)16-12/h2-6H2,1H3,(H,14,15,16). The van der Waals surface area contributed by atoms with E-state index in [0.717, 1.165) is 23.1 Å². The Morgan fingerprint density at radius 3 is 3.11 bits per heavy atom. The zero-order valence-corrected chi connectivity index (χ0v) is 11.7. The number of rotatable bonds is 4. The molecule has 0 bridgehead atoms. The summed E-state index contributed by atoms with van der Waals surface area (Å²) in [6.07, 6.45) is 3.48. The van der Waals surface area contributed by atoms with Crippen LogP contribution in [0.2, 0.25) is 5.15 Å². The van der Waals surface area contributed by atoms with Gasteiger partial charge in [0.15, 0.2) is 0 Å². The van der Waals surface area contributed by atoms with Gasteiger partial charge in [0.1, 0.15) is 9.98 Å². The van der Waals surface area contributed by atoms with E-state index >= 15 is 0 Å². The normalized spacial score (nSPS) is 14.1. The van der Waals surface area contributed by atoms with Crippen molar-refractivity contribution in [3.63, 3.8) is 0 Å². The predicted octanol–water partition coefficient (Wildman–Crippen LogP) is 2.89. The molecule has 0 amide bonds. The van der Waals surface area contributed by atoms with Gasteiger partial charge in [0.25, 0.3) is 0 Å². The molecule has 0 spiro atoms. The first kappa shape index (κ1) is 12.1. The van der Waals surface area contributed by atoms with Crippen molar-refractivity contribution in [2.45, 2.75) is 19.3 Å². The highest BCUT2D eigenvalue weighted by molar-refractivity contribution is 7.19. The summed E-state index contributed by atoms with van der Waals surface area (Å²) in [5, 5.41) is 4.75. The summed E-state index contributed by atoms with van der Waals surface area (Å²) in [6.45, 7) is 1.31. The molecule has 0 saturated heterocycles. The lowest BCUT2D eigenvalue weighted by Crippen LogP contribution is -2.10. The van der Waals surface area contributed by atoms with E-state index in [0.29, 0.717) is 24.3 Å². The summed E-state index contributed by atoms with van der Waals surface area (Å²) >= 11 is 8.03. The zero-order valence-electron chi connectivity index (χ0n) is 10.1. The minimum atomic E-state index is 0.569. The summed E-state index contributed by atoms with van der Waals surface area (Å²) in [5.74, 6) is 0.587. The van der Waals surface area contributed by atoms with E-state index in [9.17, 15) is 0 Å². The third-order valence-electron chi connectivity index (χ3n) is 3.11. The molecule has 2 aromatic rings. The summed E-state index contributed by atoms with van der Waals surface area (Å²) in [4.78, 5) is 11.3. The molecule has 96 valence electrons. The Labute approximate surface area is 114 Å². The number of halogens is 1. The van der Waals surface area contributed by atoms with Crippen molar-refractivity contribution in [1.29, 1.82) is 0 Å². The molecule has 2 heterocycles. The van der Waals surface area contributed by atoms with Crippen LogP contribution in [-0.4, -0.2) is 30.2 Å². The SMILES string of the molecule is COCCNc1nc(Cl)c2c3c(sc2n1)CCC3. The largest absolute Gasteiger partial charge is 0.383 e. The Morgan fingerprint density at radius 2 is 2.28 bits per heavy atom. The van der Waals surface area contributed by atoms with Crippen LogP contribution in [0.25, 0.3) is 10.2 Å². The van der Waals surface area contributed by atoms with Crippen LogP contribution in [0, 0.1) is 0 Å². The highest BCUT2D eigenvalue weighted by atomic mass is 35.5. The first-order chi connectivity index (χ1) is 8.79. The second kappa shape index (κ2) is 4.99. The molecular formula is C12H14ClN3OS. The highest BCUT2D eigenvalue weighted by Crippen LogP contribution is 2.39. The number of hydrogen-bond acceptors (Lipinski definition) is 5. The van der Waals surface area contributed by atoms with Gasteiger partial charge in [-0.2, -0.15) is 0 Å². The van der Waals surface area contributed by atoms with Crippen molar-refractivity contribution in [3.05, 3.63) is 15.6 Å². The number of nitrogens with zero attached hydrogens (tertiary/aromatic N) is 2. The number of methoxy groups -OCH3 is 1. The van der Waals surface area contributed by atoms with Gasteiger partial charge in [-0.25, -0.2) is 9.97 Å². The van der Waals surface area contributed by atoms with Crippen LogP contribution in [0.1, 0.15) is 16.9 Å². The summed E-state index contributed by atoms with van der Waals surface area (Å²) in [7, 11) is 1.67. The van der Waals surface area contributed by atoms with E-state index < -0.39 is 0 Å². The van der Waals surface area contributed by atoms with E-state index in [1.807, 2.05) is 0 Å². The predicted molar refractivity (Wildman–Crippen MR) is 74.8 cm³/mol. The average Bonchev–Trinajstić information content (AvgIpc) is 2.88. The number of nitrogens with one attached hydrogen (secondary N) is 1. The van der Waals surface area contributed by atoms with Crippen molar-refractivity contribution in [3.8, 4) is 0 Å². The molecule has 0 atom stereocenters. The summed E-state index contributed by atoms with van der Waals surface area (Å²) in [5.41, 5.74) is 1.36. The van der Waals surface area contributed by atoms with Gasteiger partial charge in [-0.05, 0) is 24.8 Å². The van der Waals surface area contributed by atoms with Crippen LogP contribution in [0.15, 0.2) is 0 Å². The van der Waals surface area contributed by atoms with Crippen molar-refractivity contribution in [2.75, 3.05) is 25.6 Å².